The molecule has 2 saturated heterocycles. The Morgan fingerprint density at radius 2 is 2.09 bits per heavy atom. The van der Waals surface area contributed by atoms with Crippen molar-refractivity contribution in [1.29, 1.82) is 0 Å². The first-order chi connectivity index (χ1) is 15.2. The number of carboxylic acid groups (broad SMARTS) is 1. The normalized spacial score (nSPS) is 23.3. The molecule has 2 fully saturated rings. The van der Waals surface area contributed by atoms with Gasteiger partial charge >= 0.3 is 5.97 Å². The number of halogens is 2. The van der Waals surface area contributed by atoms with E-state index in [9.17, 15) is 19.5 Å². The van der Waals surface area contributed by atoms with Crippen LogP contribution in [0.15, 0.2) is 21.8 Å². The molecule has 188 valence electrons. The fourth-order valence-electron chi connectivity index (χ4n) is 4.42. The van der Waals surface area contributed by atoms with Crippen molar-refractivity contribution in [2.45, 2.75) is 24.3 Å². The molecule has 1 aromatic rings. The number of likely N-dealkylation sites (N-methyl/N-ethyl adjacent to an activating group) is 1. The second kappa shape index (κ2) is 11.2. The maximum atomic E-state index is 12.9. The number of carbonyl (C=O) groups excluding carboxylic acids is 2. The van der Waals surface area contributed by atoms with E-state index in [1.54, 1.807) is 5.38 Å². The highest BCUT2D eigenvalue weighted by Gasteiger charge is 2.55. The number of carboxylic acids is 1. The third-order valence-electron chi connectivity index (χ3n) is 5.92. The molecule has 15 heteroatoms. The van der Waals surface area contributed by atoms with Crippen LogP contribution in [0.3, 0.4) is 0 Å². The van der Waals surface area contributed by atoms with Crippen molar-refractivity contribution < 1.29 is 41.2 Å². The SMILES string of the molecule is Br.CO/N=C(\C(=O)N[C@@H]1C(=O)N2C(C(=O)O)=C(C[N+]3(C)CCCC3)CS[C@H]12)c1csc(N)n1.[Cl-]. The monoisotopic (exact) mass is 596 g/mol. The standard InChI is InChI=1S/C19H24N6O5S2.BrH.ClH/c1-25(5-3-4-6-25)7-10-8-31-17-13(16(27)24(17)14(10)18(28)29)22-15(26)12(23-30-2)11-9-32-19(20)21-11;;/h9,13,17H,3-8H2,1-2H3,(H3-,20,21,22,26,28,29);2*1H/b23-12-;;/t13-,17-;;/m1../s1. The molecule has 0 spiro atoms. The maximum Gasteiger partial charge on any atom is 0.352 e. The number of hydrogen-bond acceptors (Lipinski definition) is 9. The van der Waals surface area contributed by atoms with E-state index in [2.05, 4.69) is 22.5 Å². The lowest BCUT2D eigenvalue weighted by Gasteiger charge is -2.49. The third kappa shape index (κ3) is 5.35. The molecule has 11 nitrogen and oxygen atoms in total. The molecule has 4 heterocycles. The molecular weight excluding hydrogens is 572 g/mol. The van der Waals surface area contributed by atoms with Gasteiger partial charge in [-0.3, -0.25) is 14.5 Å². The lowest BCUT2D eigenvalue weighted by atomic mass is 10.0. The zero-order chi connectivity index (χ0) is 23.0. The summed E-state index contributed by atoms with van der Waals surface area (Å²) in [7, 11) is 3.42. The molecule has 0 aliphatic carbocycles. The summed E-state index contributed by atoms with van der Waals surface area (Å²) in [6, 6.07) is -0.863. The maximum absolute atomic E-state index is 12.9. The number of nitrogens with zero attached hydrogens (tertiary/aromatic N) is 4. The van der Waals surface area contributed by atoms with Gasteiger partial charge in [0, 0.05) is 29.5 Å². The van der Waals surface area contributed by atoms with Crippen molar-refractivity contribution in [3.63, 3.8) is 0 Å². The number of aromatic nitrogens is 1. The highest BCUT2D eigenvalue weighted by Crippen LogP contribution is 2.41. The number of thiazole rings is 1. The number of fused-ring (bicyclic) bond motifs is 1. The van der Waals surface area contributed by atoms with Gasteiger partial charge in [0.2, 0.25) is 0 Å². The molecule has 0 radical (unpaired) electrons. The zero-order valence-corrected chi connectivity index (χ0v) is 22.6. The summed E-state index contributed by atoms with van der Waals surface area (Å²) >= 11 is 2.61. The van der Waals surface area contributed by atoms with Crippen LogP contribution in [-0.4, -0.2) is 93.9 Å². The van der Waals surface area contributed by atoms with E-state index in [-0.39, 0.29) is 51.6 Å². The van der Waals surface area contributed by atoms with Crippen LogP contribution >= 0.6 is 40.1 Å². The number of carbonyl (C=O) groups is 3. The van der Waals surface area contributed by atoms with Gasteiger partial charge in [-0.15, -0.1) is 40.1 Å². The number of rotatable bonds is 7. The minimum atomic E-state index is -1.12. The van der Waals surface area contributed by atoms with Crippen molar-refractivity contribution in [2.24, 2.45) is 5.16 Å². The van der Waals surface area contributed by atoms with E-state index in [0.717, 1.165) is 47.3 Å². The summed E-state index contributed by atoms with van der Waals surface area (Å²) < 4.78 is 0.785. The fraction of sp³-hybridized carbons (Fsp3) is 0.526. The van der Waals surface area contributed by atoms with E-state index in [1.807, 2.05) is 0 Å². The minimum Gasteiger partial charge on any atom is -1.00 e. The number of nitrogens with two attached hydrogens (primary N) is 1. The number of thioether (sulfide) groups is 1. The largest absolute Gasteiger partial charge is 1.00 e. The molecule has 2 atom stereocenters. The van der Waals surface area contributed by atoms with Gasteiger partial charge in [-0.2, -0.15) is 0 Å². The number of quaternary nitrogens is 1. The van der Waals surface area contributed by atoms with E-state index >= 15 is 0 Å². The minimum absolute atomic E-state index is 0. The van der Waals surface area contributed by atoms with Gasteiger partial charge in [-0.1, -0.05) is 5.16 Å². The van der Waals surface area contributed by atoms with E-state index < -0.39 is 29.2 Å². The molecule has 0 unspecified atom stereocenters. The smallest absolute Gasteiger partial charge is 0.352 e. The number of amides is 2. The van der Waals surface area contributed by atoms with Gasteiger partial charge in [0.15, 0.2) is 10.8 Å². The first-order valence-electron chi connectivity index (χ1n) is 10.1. The van der Waals surface area contributed by atoms with Crippen molar-refractivity contribution in [3.8, 4) is 0 Å². The fourth-order valence-corrected chi connectivity index (χ4v) is 6.31. The summed E-state index contributed by atoms with van der Waals surface area (Å²) in [4.78, 5) is 47.9. The van der Waals surface area contributed by atoms with Crippen molar-refractivity contribution >= 4 is 68.7 Å². The van der Waals surface area contributed by atoms with Crippen LogP contribution in [-0.2, 0) is 19.2 Å². The number of nitrogens with one attached hydrogen (secondary N) is 1. The van der Waals surface area contributed by atoms with Crippen molar-refractivity contribution in [2.75, 3.05) is 45.3 Å². The first kappa shape index (κ1) is 28.4. The van der Waals surface area contributed by atoms with Crippen LogP contribution in [0.5, 0.6) is 0 Å². The Morgan fingerprint density at radius 3 is 2.65 bits per heavy atom. The van der Waals surface area contributed by atoms with Crippen LogP contribution in [0.25, 0.3) is 0 Å². The van der Waals surface area contributed by atoms with Crippen LogP contribution in [0.1, 0.15) is 18.5 Å². The number of nitrogen functional groups attached to an aromatic ring is 1. The molecule has 4 rings (SSSR count). The number of oxime groups is 1. The topological polar surface area (TPSA) is 147 Å². The van der Waals surface area contributed by atoms with Gasteiger partial charge in [0.25, 0.3) is 11.8 Å². The Hall–Kier alpha value is -1.87. The average molecular weight is 598 g/mol. The highest BCUT2D eigenvalue weighted by molar-refractivity contribution is 8.93. The predicted molar refractivity (Wildman–Crippen MR) is 130 cm³/mol. The molecule has 0 bridgehead atoms. The second-order valence-electron chi connectivity index (χ2n) is 8.24. The van der Waals surface area contributed by atoms with Crippen LogP contribution in [0.2, 0.25) is 0 Å². The zero-order valence-electron chi connectivity index (χ0n) is 18.5. The molecule has 1 aromatic heterocycles. The lowest BCUT2D eigenvalue weighted by Crippen LogP contribution is -3.00. The summed E-state index contributed by atoms with van der Waals surface area (Å²) in [5.74, 6) is -1.71. The van der Waals surface area contributed by atoms with Gasteiger partial charge in [0.1, 0.15) is 36.5 Å². The van der Waals surface area contributed by atoms with Gasteiger partial charge in [-0.05, 0) is 0 Å². The van der Waals surface area contributed by atoms with E-state index in [0.29, 0.717) is 12.3 Å². The number of hydrogen-bond donors (Lipinski definition) is 3. The third-order valence-corrected chi connectivity index (χ3v) is 7.93. The van der Waals surface area contributed by atoms with Crippen LogP contribution in [0.4, 0.5) is 5.13 Å². The average Bonchev–Trinajstić information content (AvgIpc) is 3.37. The number of aliphatic carboxylic acids is 1. The lowest BCUT2D eigenvalue weighted by molar-refractivity contribution is -0.893. The quantitative estimate of drug-likeness (QED) is 0.137. The van der Waals surface area contributed by atoms with E-state index in [4.69, 9.17) is 10.6 Å². The summed E-state index contributed by atoms with van der Waals surface area (Å²) in [6.07, 6.45) is 2.24. The Kier molecular flexibility index (Phi) is 9.38. The number of β-lactam (4-membered cyclic amide) rings is 1. The van der Waals surface area contributed by atoms with E-state index in [1.165, 1.54) is 23.8 Å². The molecule has 0 saturated carbocycles. The Labute approximate surface area is 221 Å². The first-order valence-corrected chi connectivity index (χ1v) is 12.0. The highest BCUT2D eigenvalue weighted by atomic mass is 79.9. The molecule has 2 amide bonds. The summed E-state index contributed by atoms with van der Waals surface area (Å²) in [5, 5.41) is 17.6. The molecule has 3 aliphatic heterocycles. The Bertz CT molecular complexity index is 1030. The molecule has 4 N–H and O–H groups in total. The molecule has 3 aliphatic rings. The van der Waals surface area contributed by atoms with Crippen molar-refractivity contribution in [3.05, 3.63) is 22.3 Å². The summed E-state index contributed by atoms with van der Waals surface area (Å²) in [5.41, 5.74) is 6.59. The molecular formula is C19H26BrClN6O5S2. The Morgan fingerprint density at radius 1 is 1.41 bits per heavy atom. The number of likely N-dealkylation sites (tertiary alicyclic amines) is 1. The predicted octanol–water partition coefficient (Wildman–Crippen LogP) is -2.36. The van der Waals surface area contributed by atoms with Crippen molar-refractivity contribution in [1.82, 2.24) is 15.2 Å². The van der Waals surface area contributed by atoms with Crippen LogP contribution in [0, 0.1) is 0 Å². The second-order valence-corrected chi connectivity index (χ2v) is 10.2. The van der Waals surface area contributed by atoms with Gasteiger partial charge in [-0.25, -0.2) is 9.78 Å². The van der Waals surface area contributed by atoms with Crippen LogP contribution < -0.4 is 23.5 Å². The molecule has 0 aromatic carbocycles. The number of anilines is 1. The molecule has 34 heavy (non-hydrogen) atoms. The Balaban J connectivity index is 0.00000204. The summed E-state index contributed by atoms with van der Waals surface area (Å²) in [6.45, 7) is 2.61. The van der Waals surface area contributed by atoms with Gasteiger partial charge in [0.05, 0.1) is 20.1 Å². The van der Waals surface area contributed by atoms with Gasteiger partial charge < -0.3 is 37.9 Å².